The van der Waals surface area contributed by atoms with Crippen LogP contribution in [0.15, 0.2) is 52.7 Å². The molecule has 1 aliphatic heterocycles. The second-order valence-electron chi connectivity index (χ2n) is 8.85. The Kier molecular flexibility index (Phi) is 7.44. The Bertz CT molecular complexity index is 1290. The molecule has 10 heteroatoms. The molecule has 1 N–H and O–H groups in total. The minimum absolute atomic E-state index is 0.195. The van der Waals surface area contributed by atoms with Crippen LogP contribution in [0.2, 0.25) is 0 Å². The van der Waals surface area contributed by atoms with Crippen LogP contribution >= 0.6 is 11.3 Å². The van der Waals surface area contributed by atoms with Crippen LogP contribution in [0.5, 0.6) is 11.5 Å². The van der Waals surface area contributed by atoms with Crippen LogP contribution in [0.4, 0.5) is 5.13 Å². The number of ether oxygens (including phenoxy) is 2. The van der Waals surface area contributed by atoms with Crippen molar-refractivity contribution in [2.45, 2.75) is 25.2 Å². The number of rotatable bonds is 7. The molecule has 8 nitrogen and oxygen atoms in total. The summed E-state index contributed by atoms with van der Waals surface area (Å²) in [7, 11) is -0.453. The summed E-state index contributed by atoms with van der Waals surface area (Å²) in [5, 5.41) is 5.06. The second kappa shape index (κ2) is 10.3. The highest BCUT2D eigenvalue weighted by Crippen LogP contribution is 2.33. The molecule has 0 bridgehead atoms. The maximum Gasteiger partial charge on any atom is 0.257 e. The van der Waals surface area contributed by atoms with Crippen molar-refractivity contribution in [2.75, 3.05) is 32.6 Å². The van der Waals surface area contributed by atoms with E-state index in [9.17, 15) is 13.2 Å². The maximum atomic E-state index is 13.1. The number of carbonyl (C=O) groups excluding carboxylic acids is 1. The summed E-state index contributed by atoms with van der Waals surface area (Å²) in [6.07, 6.45) is 1.02. The third-order valence-electron chi connectivity index (χ3n) is 5.99. The molecule has 4 rings (SSSR count). The van der Waals surface area contributed by atoms with Crippen LogP contribution < -0.4 is 14.8 Å². The van der Waals surface area contributed by atoms with Gasteiger partial charge in [-0.3, -0.25) is 10.1 Å². The molecular formula is C25H29N3O5S2. The van der Waals surface area contributed by atoms with Crippen molar-refractivity contribution in [3.63, 3.8) is 0 Å². The zero-order valence-electron chi connectivity index (χ0n) is 20.1. The Labute approximate surface area is 210 Å². The van der Waals surface area contributed by atoms with Gasteiger partial charge >= 0.3 is 0 Å². The molecule has 2 unspecified atom stereocenters. The number of carbonyl (C=O) groups is 1. The fraction of sp³-hybridized carbons (Fsp3) is 0.360. The molecule has 0 aliphatic carbocycles. The molecule has 0 saturated carbocycles. The van der Waals surface area contributed by atoms with E-state index in [0.717, 1.165) is 12.0 Å². The summed E-state index contributed by atoms with van der Waals surface area (Å²) < 4.78 is 38.3. The van der Waals surface area contributed by atoms with Gasteiger partial charge in [0.1, 0.15) is 0 Å². The van der Waals surface area contributed by atoms with Gasteiger partial charge in [0.15, 0.2) is 16.6 Å². The van der Waals surface area contributed by atoms with E-state index in [1.165, 1.54) is 35.6 Å². The number of thiazole rings is 1. The van der Waals surface area contributed by atoms with Crippen LogP contribution in [-0.4, -0.2) is 50.9 Å². The van der Waals surface area contributed by atoms with Crippen LogP contribution in [-0.2, 0) is 10.0 Å². The molecule has 2 aromatic carbocycles. The minimum Gasteiger partial charge on any atom is -0.493 e. The van der Waals surface area contributed by atoms with Gasteiger partial charge < -0.3 is 9.47 Å². The van der Waals surface area contributed by atoms with Gasteiger partial charge in [-0.15, -0.1) is 11.3 Å². The molecule has 186 valence electrons. The van der Waals surface area contributed by atoms with Crippen molar-refractivity contribution in [3.8, 4) is 22.8 Å². The Balaban J connectivity index is 1.45. The third-order valence-corrected chi connectivity index (χ3v) is 8.60. The average molecular weight is 516 g/mol. The molecule has 2 atom stereocenters. The summed E-state index contributed by atoms with van der Waals surface area (Å²) in [6, 6.07) is 11.5. The first-order valence-electron chi connectivity index (χ1n) is 11.3. The lowest BCUT2D eigenvalue weighted by Gasteiger charge is -2.34. The van der Waals surface area contributed by atoms with E-state index in [1.807, 2.05) is 17.5 Å². The number of anilines is 1. The highest BCUT2D eigenvalue weighted by Gasteiger charge is 2.31. The molecule has 0 spiro atoms. The lowest BCUT2D eigenvalue weighted by atomic mass is 9.94. The minimum atomic E-state index is -3.60. The smallest absolute Gasteiger partial charge is 0.257 e. The first kappa shape index (κ1) is 25.2. The van der Waals surface area contributed by atoms with Crippen molar-refractivity contribution in [3.05, 3.63) is 53.4 Å². The van der Waals surface area contributed by atoms with Crippen molar-refractivity contribution in [1.29, 1.82) is 0 Å². The molecule has 1 fully saturated rings. The number of aromatic nitrogens is 1. The van der Waals surface area contributed by atoms with Crippen LogP contribution in [0.3, 0.4) is 0 Å². The van der Waals surface area contributed by atoms with E-state index < -0.39 is 10.0 Å². The zero-order valence-corrected chi connectivity index (χ0v) is 21.8. The average Bonchev–Trinajstić information content (AvgIpc) is 3.31. The number of sulfonamides is 1. The predicted molar refractivity (Wildman–Crippen MR) is 137 cm³/mol. The number of nitrogens with one attached hydrogen (secondary N) is 1. The van der Waals surface area contributed by atoms with E-state index >= 15 is 0 Å². The van der Waals surface area contributed by atoms with Gasteiger partial charge in [-0.1, -0.05) is 13.8 Å². The molecule has 1 aliphatic rings. The number of benzene rings is 2. The lowest BCUT2D eigenvalue weighted by molar-refractivity contribution is 0.102. The van der Waals surface area contributed by atoms with Gasteiger partial charge in [0.25, 0.3) is 5.91 Å². The second-order valence-corrected chi connectivity index (χ2v) is 11.7. The Morgan fingerprint density at radius 1 is 1.03 bits per heavy atom. The number of amides is 1. The standard InChI is InChI=1S/C25H29N3O5S2/c1-16-11-17(2)14-28(13-16)35(30,31)20-8-5-18(6-9-20)24(29)27-25-26-21(15-34-25)19-7-10-22(32-3)23(12-19)33-4/h5-10,12,15-17H,11,13-14H2,1-4H3,(H,26,27,29). The number of nitrogens with zero attached hydrogens (tertiary/aromatic N) is 2. The number of hydrogen-bond acceptors (Lipinski definition) is 7. The Morgan fingerprint density at radius 3 is 2.31 bits per heavy atom. The highest BCUT2D eigenvalue weighted by atomic mass is 32.2. The van der Waals surface area contributed by atoms with Crippen molar-refractivity contribution in [1.82, 2.24) is 9.29 Å². The quantitative estimate of drug-likeness (QED) is 0.488. The van der Waals surface area contributed by atoms with Gasteiger partial charge in [0, 0.05) is 29.6 Å². The lowest BCUT2D eigenvalue weighted by Crippen LogP contribution is -2.42. The Hall–Kier alpha value is -2.95. The van der Waals surface area contributed by atoms with Crippen LogP contribution in [0, 0.1) is 11.8 Å². The normalized spacial score (nSPS) is 18.7. The van der Waals surface area contributed by atoms with Gasteiger partial charge in [-0.2, -0.15) is 4.31 Å². The monoisotopic (exact) mass is 515 g/mol. The topological polar surface area (TPSA) is 97.8 Å². The van der Waals surface area contributed by atoms with Crippen molar-refractivity contribution < 1.29 is 22.7 Å². The van der Waals surface area contributed by atoms with Crippen LogP contribution in [0.25, 0.3) is 11.3 Å². The first-order valence-corrected chi connectivity index (χ1v) is 13.6. The molecule has 2 heterocycles. The van der Waals surface area contributed by atoms with Crippen molar-refractivity contribution >= 4 is 32.4 Å². The van der Waals surface area contributed by atoms with Crippen molar-refractivity contribution in [2.24, 2.45) is 11.8 Å². The number of piperidine rings is 1. The third kappa shape index (κ3) is 5.50. The first-order chi connectivity index (χ1) is 16.7. The largest absolute Gasteiger partial charge is 0.493 e. The molecular weight excluding hydrogens is 486 g/mol. The number of hydrogen-bond donors (Lipinski definition) is 1. The fourth-order valence-corrected chi connectivity index (χ4v) is 6.75. The Morgan fingerprint density at radius 2 is 1.69 bits per heavy atom. The molecule has 1 amide bonds. The van der Waals surface area contributed by atoms with E-state index in [4.69, 9.17) is 9.47 Å². The summed E-state index contributed by atoms with van der Waals surface area (Å²) >= 11 is 1.30. The van der Waals surface area contributed by atoms with Gasteiger partial charge in [0.05, 0.1) is 24.8 Å². The molecule has 0 radical (unpaired) electrons. The van der Waals surface area contributed by atoms with E-state index in [2.05, 4.69) is 24.1 Å². The fourth-order valence-electron chi connectivity index (χ4n) is 4.36. The molecule has 3 aromatic rings. The van der Waals surface area contributed by atoms with E-state index in [1.54, 1.807) is 24.6 Å². The SMILES string of the molecule is COc1ccc(-c2csc(NC(=O)c3ccc(S(=O)(=O)N4CC(C)CC(C)C4)cc3)n2)cc1OC. The van der Waals surface area contributed by atoms with Crippen LogP contribution in [0.1, 0.15) is 30.6 Å². The summed E-state index contributed by atoms with van der Waals surface area (Å²) in [6.45, 7) is 5.17. The number of methoxy groups -OCH3 is 2. The molecule has 1 aromatic heterocycles. The summed E-state index contributed by atoms with van der Waals surface area (Å²) in [4.78, 5) is 17.4. The maximum absolute atomic E-state index is 13.1. The predicted octanol–water partition coefficient (Wildman–Crippen LogP) is 4.75. The van der Waals surface area contributed by atoms with E-state index in [0.29, 0.717) is 52.8 Å². The highest BCUT2D eigenvalue weighted by molar-refractivity contribution is 7.89. The molecule has 35 heavy (non-hydrogen) atoms. The van der Waals surface area contributed by atoms with Gasteiger partial charge in [0.2, 0.25) is 10.0 Å². The molecule has 1 saturated heterocycles. The summed E-state index contributed by atoms with van der Waals surface area (Å²) in [5.74, 6) is 1.49. The zero-order chi connectivity index (χ0) is 25.2. The van der Waals surface area contributed by atoms with Gasteiger partial charge in [-0.25, -0.2) is 13.4 Å². The van der Waals surface area contributed by atoms with Gasteiger partial charge in [-0.05, 0) is 60.7 Å². The summed E-state index contributed by atoms with van der Waals surface area (Å²) in [5.41, 5.74) is 1.88. The van der Waals surface area contributed by atoms with E-state index in [-0.39, 0.29) is 10.8 Å².